The first-order valence-electron chi connectivity index (χ1n) is 7.83. The lowest BCUT2D eigenvalue weighted by molar-refractivity contribution is -0.384. The number of amides is 1. The van der Waals surface area contributed by atoms with Crippen LogP contribution in [0.4, 0.5) is 5.69 Å². The standard InChI is InChI=1S/C18H17N3O5/c1-12(22)20-18(2,14-7-9-16(25-3)10-8-14)26-17(19-20)13-5-4-6-15(11-13)21(23)24/h4-11H,1-3H3/t18-/m0/s1. The Balaban J connectivity index is 2.00. The lowest BCUT2D eigenvalue weighted by Crippen LogP contribution is -2.41. The van der Waals surface area contributed by atoms with Crippen molar-refractivity contribution in [2.24, 2.45) is 5.10 Å². The Morgan fingerprint density at radius 3 is 2.54 bits per heavy atom. The maximum absolute atomic E-state index is 12.1. The molecule has 0 unspecified atom stereocenters. The van der Waals surface area contributed by atoms with E-state index in [-0.39, 0.29) is 17.5 Å². The number of hydrogen-bond acceptors (Lipinski definition) is 6. The molecule has 2 aromatic rings. The first-order chi connectivity index (χ1) is 12.3. The van der Waals surface area contributed by atoms with Crippen LogP contribution >= 0.6 is 0 Å². The van der Waals surface area contributed by atoms with Gasteiger partial charge in [0.1, 0.15) is 5.75 Å². The number of hydrazone groups is 1. The SMILES string of the molecule is COc1ccc([C@]2(C)OC(c3cccc([N+](=O)[O-])c3)=NN2C(C)=O)cc1. The monoisotopic (exact) mass is 355 g/mol. The molecule has 2 aromatic carbocycles. The van der Waals surface area contributed by atoms with Crippen LogP contribution in [0.3, 0.4) is 0 Å². The number of rotatable bonds is 4. The van der Waals surface area contributed by atoms with Crippen LogP contribution in [-0.2, 0) is 15.3 Å². The highest BCUT2D eigenvalue weighted by Gasteiger charge is 2.45. The number of nitro benzene ring substituents is 1. The number of non-ortho nitro benzene ring substituents is 1. The summed E-state index contributed by atoms with van der Waals surface area (Å²) in [5, 5.41) is 16.5. The zero-order chi connectivity index (χ0) is 18.9. The summed E-state index contributed by atoms with van der Waals surface area (Å²) in [7, 11) is 1.56. The molecule has 0 N–H and O–H groups in total. The lowest BCUT2D eigenvalue weighted by atomic mass is 10.0. The van der Waals surface area contributed by atoms with Crippen molar-refractivity contribution in [1.29, 1.82) is 0 Å². The predicted octanol–water partition coefficient (Wildman–Crippen LogP) is 3.02. The van der Waals surface area contributed by atoms with Crippen LogP contribution in [0.25, 0.3) is 0 Å². The van der Waals surface area contributed by atoms with Gasteiger partial charge in [-0.2, -0.15) is 5.01 Å². The Morgan fingerprint density at radius 1 is 1.27 bits per heavy atom. The van der Waals surface area contributed by atoms with Crippen molar-refractivity contribution < 1.29 is 19.2 Å². The van der Waals surface area contributed by atoms with E-state index in [1.54, 1.807) is 50.4 Å². The molecule has 1 aliphatic heterocycles. The van der Waals surface area contributed by atoms with Crippen LogP contribution in [0.2, 0.25) is 0 Å². The van der Waals surface area contributed by atoms with Crippen LogP contribution < -0.4 is 4.74 Å². The van der Waals surface area contributed by atoms with E-state index in [0.717, 1.165) is 0 Å². The second-order valence-electron chi connectivity index (χ2n) is 5.86. The molecule has 26 heavy (non-hydrogen) atoms. The van der Waals surface area contributed by atoms with Gasteiger partial charge in [0.05, 0.1) is 12.0 Å². The molecule has 8 nitrogen and oxygen atoms in total. The van der Waals surface area contributed by atoms with Gasteiger partial charge in [-0.25, -0.2) is 0 Å². The molecular weight excluding hydrogens is 338 g/mol. The summed E-state index contributed by atoms with van der Waals surface area (Å²) in [6.07, 6.45) is 0. The summed E-state index contributed by atoms with van der Waals surface area (Å²) in [4.78, 5) is 22.6. The van der Waals surface area contributed by atoms with E-state index in [4.69, 9.17) is 9.47 Å². The third kappa shape index (κ3) is 2.97. The Bertz CT molecular complexity index is 894. The highest BCUT2D eigenvalue weighted by Crippen LogP contribution is 2.37. The highest BCUT2D eigenvalue weighted by atomic mass is 16.6. The number of ether oxygens (including phenoxy) is 2. The quantitative estimate of drug-likeness (QED) is 0.621. The molecule has 0 saturated heterocycles. The van der Waals surface area contributed by atoms with Gasteiger partial charge in [0.2, 0.25) is 17.5 Å². The van der Waals surface area contributed by atoms with Crippen LogP contribution in [0.5, 0.6) is 5.75 Å². The van der Waals surface area contributed by atoms with Crippen LogP contribution in [0.15, 0.2) is 53.6 Å². The molecule has 1 aliphatic rings. The van der Waals surface area contributed by atoms with Gasteiger partial charge >= 0.3 is 0 Å². The molecular formula is C18H17N3O5. The van der Waals surface area contributed by atoms with E-state index in [1.165, 1.54) is 24.1 Å². The number of methoxy groups -OCH3 is 1. The van der Waals surface area contributed by atoms with Crippen LogP contribution in [-0.4, -0.2) is 28.8 Å². The van der Waals surface area contributed by atoms with Gasteiger partial charge in [0.25, 0.3) is 5.69 Å². The number of nitro groups is 1. The molecule has 8 heteroatoms. The number of carbonyl (C=O) groups is 1. The van der Waals surface area contributed by atoms with Gasteiger partial charge in [0, 0.05) is 37.1 Å². The van der Waals surface area contributed by atoms with Crippen molar-refractivity contribution in [3.63, 3.8) is 0 Å². The molecule has 0 bridgehead atoms. The summed E-state index contributed by atoms with van der Waals surface area (Å²) in [6.45, 7) is 3.09. The minimum absolute atomic E-state index is 0.0822. The smallest absolute Gasteiger partial charge is 0.270 e. The van der Waals surface area contributed by atoms with Gasteiger partial charge in [-0.3, -0.25) is 14.9 Å². The topological polar surface area (TPSA) is 94.3 Å². The van der Waals surface area contributed by atoms with Crippen LogP contribution in [0.1, 0.15) is 25.0 Å². The summed E-state index contributed by atoms with van der Waals surface area (Å²) < 4.78 is 11.1. The van der Waals surface area contributed by atoms with Crippen molar-refractivity contribution in [3.8, 4) is 5.75 Å². The van der Waals surface area contributed by atoms with Gasteiger partial charge in [-0.05, 0) is 30.3 Å². The Morgan fingerprint density at radius 2 is 1.96 bits per heavy atom. The molecule has 134 valence electrons. The Kier molecular flexibility index (Phi) is 4.33. The van der Waals surface area contributed by atoms with Crippen molar-refractivity contribution in [2.45, 2.75) is 19.6 Å². The van der Waals surface area contributed by atoms with E-state index in [1.807, 2.05) is 0 Å². The van der Waals surface area contributed by atoms with Crippen molar-refractivity contribution in [1.82, 2.24) is 5.01 Å². The molecule has 3 rings (SSSR count). The molecule has 1 atom stereocenters. The van der Waals surface area contributed by atoms with Crippen molar-refractivity contribution in [3.05, 3.63) is 69.8 Å². The second-order valence-corrected chi connectivity index (χ2v) is 5.86. The fraction of sp³-hybridized carbons (Fsp3) is 0.222. The van der Waals surface area contributed by atoms with E-state index in [2.05, 4.69) is 5.10 Å². The zero-order valence-corrected chi connectivity index (χ0v) is 14.5. The van der Waals surface area contributed by atoms with Gasteiger partial charge in [-0.15, -0.1) is 5.10 Å². The molecule has 0 fully saturated rings. The first kappa shape index (κ1) is 17.4. The fourth-order valence-corrected chi connectivity index (χ4v) is 2.76. The minimum atomic E-state index is -1.17. The average molecular weight is 355 g/mol. The molecule has 0 aliphatic carbocycles. The predicted molar refractivity (Wildman–Crippen MR) is 93.6 cm³/mol. The molecule has 1 heterocycles. The normalized spacial score (nSPS) is 18.9. The molecule has 0 aromatic heterocycles. The highest BCUT2D eigenvalue weighted by molar-refractivity contribution is 5.97. The van der Waals surface area contributed by atoms with Crippen molar-refractivity contribution in [2.75, 3.05) is 7.11 Å². The van der Waals surface area contributed by atoms with Crippen LogP contribution in [0, 0.1) is 10.1 Å². The Hall–Kier alpha value is -3.42. The molecule has 0 spiro atoms. The maximum Gasteiger partial charge on any atom is 0.270 e. The van der Waals surface area contributed by atoms with Gasteiger partial charge in [0.15, 0.2) is 0 Å². The molecule has 0 radical (unpaired) electrons. The second kappa shape index (κ2) is 6.47. The van der Waals surface area contributed by atoms with E-state index in [0.29, 0.717) is 16.9 Å². The lowest BCUT2D eigenvalue weighted by Gasteiger charge is -2.31. The van der Waals surface area contributed by atoms with E-state index >= 15 is 0 Å². The third-order valence-corrected chi connectivity index (χ3v) is 4.12. The summed E-state index contributed by atoms with van der Waals surface area (Å²) in [6, 6.07) is 13.0. The Labute approximate surface area is 149 Å². The summed E-state index contributed by atoms with van der Waals surface area (Å²) in [5.74, 6) is 0.496. The summed E-state index contributed by atoms with van der Waals surface area (Å²) >= 11 is 0. The van der Waals surface area contributed by atoms with Gasteiger partial charge < -0.3 is 9.47 Å². The minimum Gasteiger partial charge on any atom is -0.497 e. The molecule has 1 amide bonds. The number of benzene rings is 2. The zero-order valence-electron chi connectivity index (χ0n) is 14.5. The fourth-order valence-electron chi connectivity index (χ4n) is 2.76. The largest absolute Gasteiger partial charge is 0.497 e. The first-order valence-corrected chi connectivity index (χ1v) is 7.83. The van der Waals surface area contributed by atoms with Gasteiger partial charge in [-0.1, -0.05) is 6.07 Å². The maximum atomic E-state index is 12.1. The average Bonchev–Trinajstić information content (AvgIpc) is 3.01. The number of nitrogens with zero attached hydrogens (tertiary/aromatic N) is 3. The summed E-state index contributed by atoms with van der Waals surface area (Å²) in [5.41, 5.74) is -0.139. The van der Waals surface area contributed by atoms with Crippen molar-refractivity contribution >= 4 is 17.5 Å². The number of carbonyl (C=O) groups excluding carboxylic acids is 1. The van der Waals surface area contributed by atoms with E-state index in [9.17, 15) is 14.9 Å². The third-order valence-electron chi connectivity index (χ3n) is 4.12. The molecule has 0 saturated carbocycles. The number of hydrogen-bond donors (Lipinski definition) is 0. The van der Waals surface area contributed by atoms with E-state index < -0.39 is 10.6 Å².